The Morgan fingerprint density at radius 1 is 0.287 bits per heavy atom. The molecule has 0 aromatic carbocycles. The summed E-state index contributed by atoms with van der Waals surface area (Å²) in [6.45, 7) is 120. The molecule has 150 heavy (non-hydrogen) atoms. The summed E-state index contributed by atoms with van der Waals surface area (Å²) < 4.78 is 25.5. The van der Waals surface area contributed by atoms with Crippen LogP contribution >= 0.6 is 0 Å². The molecule has 0 unspecified atom stereocenters. The fraction of sp³-hybridized carbons (Fsp3) is 0.916. The lowest BCUT2D eigenvalue weighted by molar-refractivity contribution is -0.156. The Balaban J connectivity index is 0.000000564. The molecule has 1 aliphatic carbocycles. The number of carbonyl (C=O) groups is 10. The number of nitrogens with zero attached hydrogens (tertiary/aromatic N) is 19. The van der Waals surface area contributed by atoms with Crippen molar-refractivity contribution in [1.29, 1.82) is 0 Å². The number of likely N-dealkylation sites (tertiary alicyclic amines) is 1. The van der Waals surface area contributed by atoms with E-state index in [9.17, 15) is 56.7 Å². The normalized spacial score (nSPS) is 19.9. The second-order valence-electron chi connectivity index (χ2n) is 53.6. The fourth-order valence-electron chi connectivity index (χ4n) is 20.2. The van der Waals surface area contributed by atoms with Crippen molar-refractivity contribution in [3.05, 3.63) is 0 Å². The number of hydrogen-bond donors (Lipinski definition) is 0. The van der Waals surface area contributed by atoms with Crippen LogP contribution in [-0.4, -0.2) is 460 Å². The minimum absolute atomic E-state index is 0.0995. The first-order chi connectivity index (χ1) is 69.2. The van der Waals surface area contributed by atoms with Crippen LogP contribution in [0.15, 0.2) is 0 Å². The number of amides is 10. The average molecular weight is 2130 g/mol. The summed E-state index contributed by atoms with van der Waals surface area (Å²) >= 11 is 0. The molecule has 0 radical (unpaired) electrons. The summed E-state index contributed by atoms with van der Waals surface area (Å²) in [5, 5.41) is 0. The highest BCUT2D eigenvalue weighted by Gasteiger charge is 2.54. The highest BCUT2D eigenvalue weighted by Crippen LogP contribution is 2.46. The van der Waals surface area contributed by atoms with Crippen LogP contribution in [0.2, 0.25) is 0 Å². The van der Waals surface area contributed by atoms with E-state index in [1.807, 2.05) is 55.1 Å². The first-order valence-corrected chi connectivity index (χ1v) is 59.0. The van der Waals surface area contributed by atoms with Crippen molar-refractivity contribution in [2.45, 2.75) is 426 Å². The van der Waals surface area contributed by atoms with E-state index in [4.69, 9.17) is 0 Å². The van der Waals surface area contributed by atoms with E-state index in [2.05, 4.69) is 303 Å². The van der Waals surface area contributed by atoms with Gasteiger partial charge in [0.15, 0.2) is 0 Å². The van der Waals surface area contributed by atoms with Crippen LogP contribution in [0.5, 0.6) is 0 Å². The zero-order valence-corrected chi connectivity index (χ0v) is 104. The molecule has 29 nitrogen and oxygen atoms in total. The van der Waals surface area contributed by atoms with Gasteiger partial charge in [0, 0.05) is 361 Å². The number of carbonyl (C=O) groups excluding carboxylic acids is 10. The molecule has 0 atom stereocenters. The van der Waals surface area contributed by atoms with Gasteiger partial charge in [-0.1, -0.05) is 138 Å². The quantitative estimate of drug-likeness (QED) is 0.110. The first-order valence-electron chi connectivity index (χ1n) is 59.0. The van der Waals surface area contributed by atoms with Gasteiger partial charge >= 0.3 is 5.92 Å². The third-order valence-electron chi connectivity index (χ3n) is 30.7. The Kier molecular flexibility index (Phi) is 62.5. The molecular weight excluding hydrogens is 1890 g/mol. The highest BCUT2D eigenvalue weighted by molar-refractivity contribution is 5.83. The van der Waals surface area contributed by atoms with E-state index >= 15 is 0 Å². The molecule has 11 fully saturated rings. The fourth-order valence-corrected chi connectivity index (χ4v) is 20.2. The molecular formula is C119H233F2N19O10. The van der Waals surface area contributed by atoms with E-state index < -0.39 is 11.8 Å². The molecule has 0 N–H and O–H groups in total. The molecule has 0 aromatic rings. The predicted molar refractivity (Wildman–Crippen MR) is 618 cm³/mol. The van der Waals surface area contributed by atoms with Crippen molar-refractivity contribution < 1.29 is 56.7 Å². The van der Waals surface area contributed by atoms with Gasteiger partial charge in [0.25, 0.3) is 5.91 Å². The Labute approximate surface area is 917 Å². The van der Waals surface area contributed by atoms with Crippen LogP contribution in [0.3, 0.4) is 0 Å². The zero-order chi connectivity index (χ0) is 115. The second kappa shape index (κ2) is 66.8. The van der Waals surface area contributed by atoms with Crippen LogP contribution in [0.4, 0.5) is 8.78 Å². The molecule has 1 saturated carbocycles. The van der Waals surface area contributed by atoms with Crippen molar-refractivity contribution in [2.24, 2.45) is 45.3 Å². The summed E-state index contributed by atoms with van der Waals surface area (Å²) in [4.78, 5) is 158. The highest BCUT2D eigenvalue weighted by atomic mass is 19.3. The summed E-state index contributed by atoms with van der Waals surface area (Å²) in [5.74, 6) is 0.691. The summed E-state index contributed by atoms with van der Waals surface area (Å²) in [5.41, 5.74) is 0.852. The zero-order valence-electron chi connectivity index (χ0n) is 104. The SMILES string of the molecule is CC(=O)N1CCN(C(C)C)CC1.CC(C)C(=O)N1CCN(C(C)(C)C)CC1.CC(C)C1CCN(C(=O)CC(C)(C)C)CC1.CC(C)CC(=O)N1CCN(C(C)C)CC1.CC(C)N1CCN(C(=O)C(C)(F)F)CC1.CC(C)N1CCN(C(=O)CC(C)(C)C)C2(CC2)C1.CC(C)N1CCN(C(=O)CC(C)(C)C)CC1.CC(C)N1CCN(C(=O)CC(C)(C)C)CC1.CCC(=O)N1CCN(C(C)C)CC1.CCCC(=O)N1CCN(C(C)C)CC1. The maximum atomic E-state index is 12.8. The molecule has 10 aliphatic heterocycles. The number of piperidine rings is 1. The van der Waals surface area contributed by atoms with Crippen LogP contribution in [-0.2, 0) is 47.9 Å². The maximum Gasteiger partial charge on any atom is 0.322 e. The number of rotatable bonds is 20. The lowest BCUT2D eigenvalue weighted by atomic mass is 9.86. The molecule has 0 bridgehead atoms. The lowest BCUT2D eigenvalue weighted by Gasteiger charge is -2.44. The van der Waals surface area contributed by atoms with Gasteiger partial charge < -0.3 is 49.0 Å². The monoisotopic (exact) mass is 2130 g/mol. The maximum absolute atomic E-state index is 12.8. The molecule has 10 amide bonds. The van der Waals surface area contributed by atoms with Crippen LogP contribution in [0.25, 0.3) is 0 Å². The molecule has 0 aromatic heterocycles. The van der Waals surface area contributed by atoms with Gasteiger partial charge in [-0.15, -0.1) is 0 Å². The predicted octanol–water partition coefficient (Wildman–Crippen LogP) is 17.0. The summed E-state index contributed by atoms with van der Waals surface area (Å²) in [6.07, 6.45) is 10.5. The van der Waals surface area contributed by atoms with Gasteiger partial charge in [0.05, 0.1) is 5.54 Å². The Bertz CT molecular complexity index is 3700. The van der Waals surface area contributed by atoms with Crippen LogP contribution in [0, 0.1) is 45.3 Å². The van der Waals surface area contributed by atoms with Crippen LogP contribution in [0.1, 0.15) is 361 Å². The van der Waals surface area contributed by atoms with E-state index in [1.54, 1.807) is 6.92 Å². The molecule has 1 spiro atoms. The van der Waals surface area contributed by atoms with Crippen molar-refractivity contribution in [1.82, 2.24) is 93.1 Å². The van der Waals surface area contributed by atoms with Gasteiger partial charge in [0.2, 0.25) is 53.2 Å². The van der Waals surface area contributed by atoms with Gasteiger partial charge in [-0.25, -0.2) is 0 Å². The third kappa shape index (κ3) is 55.4. The van der Waals surface area contributed by atoms with Crippen LogP contribution < -0.4 is 0 Å². The molecule has 10 heterocycles. The minimum Gasteiger partial charge on any atom is -0.343 e. The molecule has 10 saturated heterocycles. The number of piperazine rings is 9. The van der Waals surface area contributed by atoms with Crippen molar-refractivity contribution in [2.75, 3.05) is 242 Å². The van der Waals surface area contributed by atoms with Gasteiger partial charge in [-0.3, -0.25) is 92.0 Å². The van der Waals surface area contributed by atoms with Gasteiger partial charge in [-0.05, 0) is 203 Å². The molecule has 878 valence electrons. The first kappa shape index (κ1) is 140. The van der Waals surface area contributed by atoms with E-state index in [0.29, 0.717) is 180 Å². The molecule has 31 heteroatoms. The van der Waals surface area contributed by atoms with E-state index in [-0.39, 0.29) is 44.6 Å². The van der Waals surface area contributed by atoms with Gasteiger partial charge in [0.1, 0.15) is 0 Å². The van der Waals surface area contributed by atoms with Gasteiger partial charge in [-0.2, -0.15) is 8.78 Å². The number of alkyl halides is 2. The number of hydrogen-bond acceptors (Lipinski definition) is 19. The topological polar surface area (TPSA) is 232 Å². The average Bonchev–Trinajstić information content (AvgIpc) is 1.59. The largest absolute Gasteiger partial charge is 0.343 e. The summed E-state index contributed by atoms with van der Waals surface area (Å²) in [6, 6.07) is 4.63. The second-order valence-corrected chi connectivity index (χ2v) is 53.6. The van der Waals surface area contributed by atoms with E-state index in [0.717, 1.165) is 234 Å². The smallest absolute Gasteiger partial charge is 0.322 e. The Hall–Kier alpha value is -5.80. The number of halogens is 2. The Morgan fingerprint density at radius 3 is 0.780 bits per heavy atom. The lowest BCUT2D eigenvalue weighted by Crippen LogP contribution is -2.58. The standard InChI is InChI=1S/C15H28N2O.C14H27NO.2C13H26N2O.2C12H24N2O.C11H22N2O.C10H18F2N2O.C10H20N2O.C9H18N2O/c1-12(2)16-8-9-17(15(11-16)6-7-15)13(18)10-14(3,4)5;1-11(2)12-6-8-15(9-7-12)13(16)10-14(3,4)5;2*1-11(2)14-6-8-15(9-7-14)12(16)10-13(3,4)5;1-10(2)11(15)13-6-8-14(9-7-13)12(3,4)5;1-10(2)9-12(15)14-7-5-13(6-8-14)11(3)4;1-4-5-11(14)13-8-6-12(7-9-13)10(2)3;1-8(2)13-4-6-14(7-5-13)9(15)10(3,11)12;1-4-10(13)12-7-5-11(6-8-12)9(2)3;1-8(2)10-4-6-11(7-5-10)9(3)12/h12H,6-11H2,1-5H3;11-12H,6-10H2,1-5H3;2*11H,6-10H2,1-5H3;10H,6-9H2,1-5H3;10-11H,5-9H2,1-4H3;10H,4-9H2,1-3H3;8H,4-7H2,1-3H3;9H,4-8H2,1-3H3;8H,4-7H2,1-3H3. The summed E-state index contributed by atoms with van der Waals surface area (Å²) in [7, 11) is 0. The minimum atomic E-state index is -3.24. The van der Waals surface area contributed by atoms with Crippen molar-refractivity contribution in [3.8, 4) is 0 Å². The third-order valence-corrected chi connectivity index (χ3v) is 30.7. The molecule has 11 aliphatic rings. The Morgan fingerprint density at radius 2 is 0.540 bits per heavy atom. The molecule has 11 rings (SSSR count). The van der Waals surface area contributed by atoms with E-state index in [1.165, 1.54) is 30.6 Å². The van der Waals surface area contributed by atoms with Crippen molar-refractivity contribution in [3.63, 3.8) is 0 Å². The van der Waals surface area contributed by atoms with Crippen molar-refractivity contribution >= 4 is 59.1 Å².